The zero-order valence-electron chi connectivity index (χ0n) is 13.8. The summed E-state index contributed by atoms with van der Waals surface area (Å²) in [4.78, 5) is 0. The highest BCUT2D eigenvalue weighted by Crippen LogP contribution is 2.60. The highest BCUT2D eigenvalue weighted by Gasteiger charge is 2.52. The third kappa shape index (κ3) is 2.38. The Morgan fingerprint density at radius 1 is 0.640 bits per heavy atom. The van der Waals surface area contributed by atoms with E-state index in [2.05, 4.69) is 78.6 Å². The summed E-state index contributed by atoms with van der Waals surface area (Å²) in [5.41, 5.74) is 5.02. The fraction of sp³-hybridized carbons (Fsp3) is 0.167. The molecule has 1 fully saturated rings. The van der Waals surface area contributed by atoms with Crippen LogP contribution >= 0.6 is 0 Å². The van der Waals surface area contributed by atoms with Crippen LogP contribution in [0.25, 0.3) is 0 Å². The number of hydrogen-bond donors (Lipinski definition) is 0. The lowest BCUT2D eigenvalue weighted by Gasteiger charge is -2.26. The molecule has 2 bridgehead atoms. The van der Waals surface area contributed by atoms with E-state index in [0.717, 1.165) is 5.56 Å². The number of fused-ring (bicyclic) bond motifs is 5. The van der Waals surface area contributed by atoms with Crippen LogP contribution < -0.4 is 0 Å². The van der Waals surface area contributed by atoms with Crippen molar-refractivity contribution in [2.45, 2.75) is 18.1 Å². The Balaban J connectivity index is 1.60. The smallest absolute Gasteiger partial charge is 0.0981 e. The molecule has 25 heavy (non-hydrogen) atoms. The van der Waals surface area contributed by atoms with Crippen molar-refractivity contribution in [1.29, 1.82) is 0 Å². The Bertz CT molecular complexity index is 949. The molecule has 0 saturated carbocycles. The summed E-state index contributed by atoms with van der Waals surface area (Å²) in [5.74, 6) is 7.39. The molecule has 0 spiro atoms. The van der Waals surface area contributed by atoms with Crippen molar-refractivity contribution in [3.05, 3.63) is 107 Å². The number of hydrogen-bond acceptors (Lipinski definition) is 1. The van der Waals surface area contributed by atoms with Gasteiger partial charge in [-0.3, -0.25) is 0 Å². The van der Waals surface area contributed by atoms with Gasteiger partial charge in [0.1, 0.15) is 0 Å². The topological polar surface area (TPSA) is 9.23 Å². The predicted molar refractivity (Wildman–Crippen MR) is 99.0 cm³/mol. The van der Waals surface area contributed by atoms with Crippen molar-refractivity contribution in [2.24, 2.45) is 5.92 Å². The molecule has 0 aliphatic carbocycles. The lowest BCUT2D eigenvalue weighted by molar-refractivity contribution is 0.0627. The first kappa shape index (κ1) is 14.5. The zero-order chi connectivity index (χ0) is 16.6. The number of benzene rings is 3. The van der Waals surface area contributed by atoms with Crippen molar-refractivity contribution in [2.75, 3.05) is 0 Å². The SMILES string of the molecule is C(#C[C@@H]1[C@H](c2ccccc2)[C@@H]2O[C@H]1c1ccccc12)c1ccccc1. The highest BCUT2D eigenvalue weighted by atomic mass is 16.5. The van der Waals surface area contributed by atoms with E-state index < -0.39 is 0 Å². The van der Waals surface area contributed by atoms with Crippen molar-refractivity contribution < 1.29 is 4.74 Å². The van der Waals surface area contributed by atoms with Crippen molar-refractivity contribution in [3.63, 3.8) is 0 Å². The van der Waals surface area contributed by atoms with Crippen LogP contribution in [0.5, 0.6) is 0 Å². The Hall–Kier alpha value is -2.82. The average molecular weight is 322 g/mol. The summed E-state index contributed by atoms with van der Waals surface area (Å²) in [5, 5.41) is 0. The Morgan fingerprint density at radius 3 is 1.96 bits per heavy atom. The van der Waals surface area contributed by atoms with E-state index in [1.165, 1.54) is 16.7 Å². The predicted octanol–water partition coefficient (Wildman–Crippen LogP) is 5.26. The molecule has 120 valence electrons. The largest absolute Gasteiger partial charge is 0.364 e. The quantitative estimate of drug-likeness (QED) is 0.555. The van der Waals surface area contributed by atoms with Crippen molar-refractivity contribution in [3.8, 4) is 11.8 Å². The molecule has 0 aromatic heterocycles. The summed E-state index contributed by atoms with van der Waals surface area (Å²) in [7, 11) is 0. The Kier molecular flexibility index (Phi) is 3.44. The molecule has 4 atom stereocenters. The molecular weight excluding hydrogens is 304 g/mol. The second kappa shape index (κ2) is 5.92. The number of ether oxygens (including phenoxy) is 1. The second-order valence-electron chi connectivity index (χ2n) is 6.70. The standard InChI is InChI=1S/C24H18O/c1-3-9-17(10-4-1)15-16-21-22(18-11-5-2-6-12-18)24-20-14-8-7-13-19(20)23(21)25-24/h1-14,21-24H/t21-,22+,23+,24-/m1/s1. The van der Waals surface area contributed by atoms with Crippen LogP contribution in [0.2, 0.25) is 0 Å². The molecule has 1 saturated heterocycles. The third-order valence-electron chi connectivity index (χ3n) is 5.28. The summed E-state index contributed by atoms with van der Waals surface area (Å²) in [6.07, 6.45) is 0.182. The third-order valence-corrected chi connectivity index (χ3v) is 5.28. The van der Waals surface area contributed by atoms with Crippen molar-refractivity contribution >= 4 is 0 Å². The minimum atomic E-state index is 0.0719. The van der Waals surface area contributed by atoms with Gasteiger partial charge in [-0.05, 0) is 28.8 Å². The zero-order valence-corrected chi connectivity index (χ0v) is 13.8. The molecule has 1 heteroatoms. The van der Waals surface area contributed by atoms with Crippen LogP contribution in [0.4, 0.5) is 0 Å². The van der Waals surface area contributed by atoms with Gasteiger partial charge in [0.2, 0.25) is 0 Å². The van der Waals surface area contributed by atoms with Crippen LogP contribution in [0, 0.1) is 17.8 Å². The van der Waals surface area contributed by atoms with E-state index in [1.807, 2.05) is 18.2 Å². The lowest BCUT2D eigenvalue weighted by Crippen LogP contribution is -2.19. The van der Waals surface area contributed by atoms with E-state index in [4.69, 9.17) is 4.74 Å². The van der Waals surface area contributed by atoms with Crippen LogP contribution in [-0.4, -0.2) is 0 Å². The van der Waals surface area contributed by atoms with Gasteiger partial charge >= 0.3 is 0 Å². The van der Waals surface area contributed by atoms with Crippen LogP contribution in [0.1, 0.15) is 40.4 Å². The van der Waals surface area contributed by atoms with Crippen LogP contribution in [0.15, 0.2) is 84.9 Å². The molecule has 3 aromatic carbocycles. The minimum Gasteiger partial charge on any atom is -0.364 e. The van der Waals surface area contributed by atoms with Gasteiger partial charge in [0.05, 0.1) is 18.1 Å². The van der Waals surface area contributed by atoms with Gasteiger partial charge in [0.25, 0.3) is 0 Å². The first-order valence-corrected chi connectivity index (χ1v) is 8.77. The molecule has 2 heterocycles. The van der Waals surface area contributed by atoms with Crippen LogP contribution in [-0.2, 0) is 4.74 Å². The van der Waals surface area contributed by atoms with E-state index in [0.29, 0.717) is 0 Å². The van der Waals surface area contributed by atoms with Crippen LogP contribution in [0.3, 0.4) is 0 Å². The molecule has 0 amide bonds. The normalized spacial score (nSPS) is 25.9. The van der Waals surface area contributed by atoms with E-state index in [1.54, 1.807) is 0 Å². The van der Waals surface area contributed by atoms with E-state index >= 15 is 0 Å². The second-order valence-corrected chi connectivity index (χ2v) is 6.70. The van der Waals surface area contributed by atoms with Gasteiger partial charge in [-0.1, -0.05) is 84.6 Å². The first-order chi connectivity index (χ1) is 12.4. The first-order valence-electron chi connectivity index (χ1n) is 8.77. The minimum absolute atomic E-state index is 0.0719. The molecule has 2 aliphatic rings. The average Bonchev–Trinajstić information content (AvgIpc) is 3.25. The summed E-state index contributed by atoms with van der Waals surface area (Å²) in [6.45, 7) is 0. The maximum atomic E-state index is 6.41. The maximum Gasteiger partial charge on any atom is 0.0981 e. The molecule has 1 nitrogen and oxygen atoms in total. The molecule has 0 N–H and O–H groups in total. The lowest BCUT2D eigenvalue weighted by atomic mass is 9.73. The number of rotatable bonds is 1. The van der Waals surface area contributed by atoms with Gasteiger partial charge in [0.15, 0.2) is 0 Å². The Labute approximate surface area is 148 Å². The summed E-state index contributed by atoms with van der Waals surface area (Å²) >= 11 is 0. The molecule has 0 unspecified atom stereocenters. The molecule has 2 aliphatic heterocycles. The molecule has 0 radical (unpaired) electrons. The van der Waals surface area contributed by atoms with E-state index in [-0.39, 0.29) is 24.0 Å². The maximum absolute atomic E-state index is 6.41. The van der Waals surface area contributed by atoms with Gasteiger partial charge in [0, 0.05) is 11.5 Å². The van der Waals surface area contributed by atoms with Gasteiger partial charge < -0.3 is 4.74 Å². The van der Waals surface area contributed by atoms with Gasteiger partial charge in [-0.2, -0.15) is 0 Å². The molecular formula is C24H18O. The molecule has 3 aromatic rings. The van der Waals surface area contributed by atoms with Gasteiger partial charge in [-0.25, -0.2) is 0 Å². The van der Waals surface area contributed by atoms with Gasteiger partial charge in [-0.15, -0.1) is 0 Å². The fourth-order valence-electron chi connectivity index (χ4n) is 4.18. The Morgan fingerprint density at radius 2 is 1.24 bits per heavy atom. The van der Waals surface area contributed by atoms with Crippen molar-refractivity contribution in [1.82, 2.24) is 0 Å². The monoisotopic (exact) mass is 322 g/mol. The molecule has 5 rings (SSSR count). The van der Waals surface area contributed by atoms with E-state index in [9.17, 15) is 0 Å². The summed E-state index contributed by atoms with van der Waals surface area (Å²) < 4.78 is 6.41. The highest BCUT2D eigenvalue weighted by molar-refractivity contribution is 5.46. The fourth-order valence-corrected chi connectivity index (χ4v) is 4.18. The summed E-state index contributed by atoms with van der Waals surface area (Å²) in [6, 6.07) is 29.5.